The molecule has 0 aliphatic heterocycles. The highest BCUT2D eigenvalue weighted by Gasteiger charge is 2.13. The Labute approximate surface area is 124 Å². The van der Waals surface area contributed by atoms with E-state index in [1.165, 1.54) is 11.8 Å². The van der Waals surface area contributed by atoms with Gasteiger partial charge in [0.25, 0.3) is 0 Å². The van der Waals surface area contributed by atoms with Crippen LogP contribution in [0.3, 0.4) is 0 Å². The number of hydrogen-bond acceptors (Lipinski definition) is 6. The fourth-order valence-electron chi connectivity index (χ4n) is 1.64. The van der Waals surface area contributed by atoms with Crippen molar-refractivity contribution >= 4 is 39.3 Å². The number of nitrogens with two attached hydrogens (primary N) is 2. The standard InChI is InChI=1S/C11H15BrN6S/c1-3-6-10(12)7(18(2)17-6)5-19-11-15-8(13)4-9(14)16-11/h4H,3,5H2,1-2H3,(H4,13,14,15,16). The summed E-state index contributed by atoms with van der Waals surface area (Å²) in [6.07, 6.45) is 0.890. The van der Waals surface area contributed by atoms with E-state index in [1.54, 1.807) is 6.07 Å². The summed E-state index contributed by atoms with van der Waals surface area (Å²) in [7, 11) is 1.92. The Morgan fingerprint density at radius 3 is 2.47 bits per heavy atom. The zero-order valence-corrected chi connectivity index (χ0v) is 13.1. The molecule has 0 saturated carbocycles. The molecule has 0 saturated heterocycles. The minimum absolute atomic E-state index is 0.383. The van der Waals surface area contributed by atoms with Crippen LogP contribution in [0.25, 0.3) is 0 Å². The van der Waals surface area contributed by atoms with E-state index < -0.39 is 0 Å². The van der Waals surface area contributed by atoms with Crippen molar-refractivity contribution in [3.05, 3.63) is 21.9 Å². The van der Waals surface area contributed by atoms with Gasteiger partial charge in [0.1, 0.15) is 11.6 Å². The van der Waals surface area contributed by atoms with E-state index in [0.29, 0.717) is 22.5 Å². The molecule has 0 bridgehead atoms. The third-order valence-electron chi connectivity index (χ3n) is 2.59. The highest BCUT2D eigenvalue weighted by molar-refractivity contribution is 9.10. The zero-order valence-electron chi connectivity index (χ0n) is 10.7. The molecule has 0 unspecified atom stereocenters. The van der Waals surface area contributed by atoms with Gasteiger partial charge in [-0.25, -0.2) is 9.97 Å². The van der Waals surface area contributed by atoms with Gasteiger partial charge in [0.2, 0.25) is 0 Å². The van der Waals surface area contributed by atoms with E-state index in [4.69, 9.17) is 11.5 Å². The molecule has 0 aliphatic carbocycles. The molecular weight excluding hydrogens is 328 g/mol. The van der Waals surface area contributed by atoms with Gasteiger partial charge in [0.15, 0.2) is 5.16 Å². The van der Waals surface area contributed by atoms with Crippen LogP contribution in [-0.4, -0.2) is 19.7 Å². The van der Waals surface area contributed by atoms with E-state index >= 15 is 0 Å². The molecule has 102 valence electrons. The Morgan fingerprint density at radius 2 is 1.95 bits per heavy atom. The summed E-state index contributed by atoms with van der Waals surface area (Å²) in [5.41, 5.74) is 13.4. The van der Waals surface area contributed by atoms with Gasteiger partial charge in [-0.3, -0.25) is 4.68 Å². The highest BCUT2D eigenvalue weighted by Crippen LogP contribution is 2.28. The lowest BCUT2D eigenvalue weighted by Gasteiger charge is -2.04. The Kier molecular flexibility index (Phi) is 4.31. The van der Waals surface area contributed by atoms with Crippen LogP contribution in [0.5, 0.6) is 0 Å². The van der Waals surface area contributed by atoms with Crippen LogP contribution >= 0.6 is 27.7 Å². The smallest absolute Gasteiger partial charge is 0.191 e. The molecule has 6 nitrogen and oxygen atoms in total. The van der Waals surface area contributed by atoms with E-state index in [-0.39, 0.29) is 0 Å². The summed E-state index contributed by atoms with van der Waals surface area (Å²) in [5, 5.41) is 5.02. The van der Waals surface area contributed by atoms with Crippen molar-refractivity contribution < 1.29 is 0 Å². The number of aryl methyl sites for hydroxylation is 2. The molecule has 2 aromatic heterocycles. The molecule has 0 fully saturated rings. The topological polar surface area (TPSA) is 95.6 Å². The molecule has 0 atom stereocenters. The summed E-state index contributed by atoms with van der Waals surface area (Å²) < 4.78 is 2.91. The summed E-state index contributed by atoms with van der Waals surface area (Å²) in [5.74, 6) is 1.47. The van der Waals surface area contributed by atoms with Crippen molar-refractivity contribution in [3.63, 3.8) is 0 Å². The Hall–Kier alpha value is -1.28. The fourth-order valence-corrected chi connectivity index (χ4v) is 3.51. The lowest BCUT2D eigenvalue weighted by molar-refractivity contribution is 0.719. The zero-order chi connectivity index (χ0) is 14.0. The average Bonchev–Trinajstić information content (AvgIpc) is 2.61. The summed E-state index contributed by atoms with van der Waals surface area (Å²) >= 11 is 5.06. The maximum absolute atomic E-state index is 5.64. The van der Waals surface area contributed by atoms with Gasteiger partial charge < -0.3 is 11.5 Å². The molecule has 0 radical (unpaired) electrons. The first-order valence-corrected chi connectivity index (χ1v) is 7.52. The predicted molar refractivity (Wildman–Crippen MR) is 80.7 cm³/mol. The van der Waals surface area contributed by atoms with Crippen LogP contribution in [0.4, 0.5) is 11.6 Å². The Balaban J connectivity index is 2.16. The normalized spacial score (nSPS) is 10.9. The molecule has 2 aromatic rings. The van der Waals surface area contributed by atoms with Gasteiger partial charge >= 0.3 is 0 Å². The molecule has 0 aromatic carbocycles. The number of hydrogen-bond donors (Lipinski definition) is 2. The first kappa shape index (κ1) is 14.1. The predicted octanol–water partition coefficient (Wildman–Crippen LogP) is 1.99. The van der Waals surface area contributed by atoms with Crippen molar-refractivity contribution in [1.29, 1.82) is 0 Å². The van der Waals surface area contributed by atoms with Crippen molar-refractivity contribution in [3.8, 4) is 0 Å². The molecule has 0 spiro atoms. The quantitative estimate of drug-likeness (QED) is 0.651. The second-order valence-corrected chi connectivity index (χ2v) is 5.71. The molecule has 8 heteroatoms. The Bertz CT molecular complexity index is 577. The first-order chi connectivity index (χ1) is 9.01. The van der Waals surface area contributed by atoms with E-state index in [0.717, 1.165) is 22.3 Å². The van der Waals surface area contributed by atoms with Gasteiger partial charge in [0.05, 0.1) is 15.9 Å². The fraction of sp³-hybridized carbons (Fsp3) is 0.364. The minimum Gasteiger partial charge on any atom is -0.383 e. The number of halogens is 1. The van der Waals surface area contributed by atoms with Crippen LogP contribution in [0.15, 0.2) is 15.7 Å². The monoisotopic (exact) mass is 342 g/mol. The second-order valence-electron chi connectivity index (χ2n) is 3.97. The average molecular weight is 343 g/mol. The number of nitrogen functional groups attached to an aromatic ring is 2. The molecule has 2 rings (SSSR count). The third-order valence-corrected chi connectivity index (χ3v) is 4.36. The van der Waals surface area contributed by atoms with Crippen LogP contribution in [0.1, 0.15) is 18.3 Å². The van der Waals surface area contributed by atoms with Gasteiger partial charge in [0, 0.05) is 18.9 Å². The highest BCUT2D eigenvalue weighted by atomic mass is 79.9. The largest absolute Gasteiger partial charge is 0.383 e. The third kappa shape index (κ3) is 3.19. The maximum atomic E-state index is 5.64. The summed E-state index contributed by atoms with van der Waals surface area (Å²) in [6, 6.07) is 1.54. The molecule has 0 amide bonds. The molecule has 2 heterocycles. The van der Waals surface area contributed by atoms with E-state index in [9.17, 15) is 0 Å². The maximum Gasteiger partial charge on any atom is 0.191 e. The van der Waals surface area contributed by atoms with Gasteiger partial charge in [-0.15, -0.1) is 0 Å². The van der Waals surface area contributed by atoms with Crippen LogP contribution < -0.4 is 11.5 Å². The van der Waals surface area contributed by atoms with Crippen molar-refractivity contribution in [2.45, 2.75) is 24.3 Å². The summed E-state index contributed by atoms with van der Waals surface area (Å²) in [4.78, 5) is 8.28. The molecule has 0 aliphatic rings. The first-order valence-electron chi connectivity index (χ1n) is 5.74. The van der Waals surface area contributed by atoms with E-state index in [2.05, 4.69) is 37.9 Å². The number of anilines is 2. The van der Waals surface area contributed by atoms with Gasteiger partial charge in [-0.2, -0.15) is 5.10 Å². The van der Waals surface area contributed by atoms with E-state index in [1.807, 2.05) is 11.7 Å². The van der Waals surface area contributed by atoms with Gasteiger partial charge in [-0.05, 0) is 22.4 Å². The Morgan fingerprint density at radius 1 is 1.32 bits per heavy atom. The van der Waals surface area contributed by atoms with Crippen LogP contribution in [0, 0.1) is 0 Å². The van der Waals surface area contributed by atoms with Crippen LogP contribution in [-0.2, 0) is 19.2 Å². The second kappa shape index (κ2) is 5.79. The number of thioether (sulfide) groups is 1. The van der Waals surface area contributed by atoms with Crippen molar-refractivity contribution in [2.24, 2.45) is 7.05 Å². The molecular formula is C11H15BrN6S. The van der Waals surface area contributed by atoms with Crippen molar-refractivity contribution in [2.75, 3.05) is 11.5 Å². The number of nitrogens with zero attached hydrogens (tertiary/aromatic N) is 4. The lowest BCUT2D eigenvalue weighted by atomic mass is 10.3. The number of aromatic nitrogens is 4. The molecule has 4 N–H and O–H groups in total. The van der Waals surface area contributed by atoms with Crippen molar-refractivity contribution in [1.82, 2.24) is 19.7 Å². The lowest BCUT2D eigenvalue weighted by Crippen LogP contribution is -2.01. The van der Waals surface area contributed by atoms with Gasteiger partial charge in [-0.1, -0.05) is 18.7 Å². The number of rotatable bonds is 4. The SMILES string of the molecule is CCc1nn(C)c(CSc2nc(N)cc(N)n2)c1Br. The summed E-state index contributed by atoms with van der Waals surface area (Å²) in [6.45, 7) is 2.08. The van der Waals surface area contributed by atoms with Crippen LogP contribution in [0.2, 0.25) is 0 Å². The molecule has 19 heavy (non-hydrogen) atoms. The minimum atomic E-state index is 0.383.